The number of primary amides is 1. The minimum absolute atomic E-state index is 0.165. The maximum atomic E-state index is 13.4. The van der Waals surface area contributed by atoms with Crippen molar-refractivity contribution >= 4 is 28.3 Å². The Labute approximate surface area is 196 Å². The summed E-state index contributed by atoms with van der Waals surface area (Å²) < 4.78 is 1.52. The van der Waals surface area contributed by atoms with Gasteiger partial charge in [0.05, 0.1) is 11.3 Å². The van der Waals surface area contributed by atoms with Crippen molar-refractivity contribution in [2.45, 2.75) is 19.9 Å². The highest BCUT2D eigenvalue weighted by Gasteiger charge is 2.19. The van der Waals surface area contributed by atoms with Gasteiger partial charge in [0.2, 0.25) is 5.91 Å². The first-order chi connectivity index (χ1) is 16.2. The number of carbonyl (C=O) groups is 2. The Bertz CT molecular complexity index is 1500. The maximum Gasteiger partial charge on any atom is 0.337 e. The third-order valence-electron chi connectivity index (χ3n) is 6.00. The Balaban J connectivity index is 1.93. The van der Waals surface area contributed by atoms with Gasteiger partial charge in [0, 0.05) is 35.3 Å². The first-order valence-corrected chi connectivity index (χ1v) is 10.8. The van der Waals surface area contributed by atoms with Crippen LogP contribution in [-0.2, 0) is 7.05 Å². The summed E-state index contributed by atoms with van der Waals surface area (Å²) >= 11 is 0. The highest BCUT2D eigenvalue weighted by molar-refractivity contribution is 6.00. The van der Waals surface area contributed by atoms with Crippen molar-refractivity contribution in [2.24, 2.45) is 12.8 Å². The summed E-state index contributed by atoms with van der Waals surface area (Å²) in [5, 5.41) is 14.1. The number of hydrogen-bond acceptors (Lipinski definition) is 4. The summed E-state index contributed by atoms with van der Waals surface area (Å²) in [5.41, 5.74) is 9.25. The lowest BCUT2D eigenvalue weighted by Crippen LogP contribution is -2.21. The summed E-state index contributed by atoms with van der Waals surface area (Å²) in [6.45, 7) is 3.83. The molecule has 0 saturated carbocycles. The van der Waals surface area contributed by atoms with Crippen LogP contribution in [0.25, 0.3) is 22.0 Å². The molecule has 0 spiro atoms. The maximum absolute atomic E-state index is 13.4. The molecule has 4 N–H and O–H groups in total. The molecular weight excluding hydrogens is 430 g/mol. The number of nitrogens with zero attached hydrogens (tertiary/aromatic N) is 1. The van der Waals surface area contributed by atoms with E-state index in [9.17, 15) is 19.5 Å². The van der Waals surface area contributed by atoms with E-state index in [-0.39, 0.29) is 17.2 Å². The Morgan fingerprint density at radius 1 is 0.971 bits per heavy atom. The van der Waals surface area contributed by atoms with Crippen LogP contribution in [-0.4, -0.2) is 21.6 Å². The Morgan fingerprint density at radius 2 is 1.62 bits per heavy atom. The van der Waals surface area contributed by atoms with Crippen LogP contribution in [0.2, 0.25) is 0 Å². The molecule has 7 heteroatoms. The molecule has 0 bridgehead atoms. The van der Waals surface area contributed by atoms with Gasteiger partial charge in [0.1, 0.15) is 0 Å². The fraction of sp³-hybridized carbons (Fsp3) is 0.148. The molecule has 0 aliphatic carbocycles. The predicted octanol–water partition coefficient (Wildman–Crippen LogP) is 4.48. The average Bonchev–Trinajstić information content (AvgIpc) is 2.81. The normalized spacial score (nSPS) is 11.9. The fourth-order valence-electron chi connectivity index (χ4n) is 4.33. The van der Waals surface area contributed by atoms with Gasteiger partial charge in [-0.25, -0.2) is 4.79 Å². The molecule has 4 aromatic rings. The molecule has 1 aromatic heterocycles. The van der Waals surface area contributed by atoms with Crippen molar-refractivity contribution in [1.29, 1.82) is 0 Å². The number of para-hydroxylation sites is 1. The molecule has 7 nitrogen and oxygen atoms in total. The van der Waals surface area contributed by atoms with Gasteiger partial charge in [-0.3, -0.25) is 9.59 Å². The molecule has 0 radical (unpaired) electrons. The molecule has 0 saturated heterocycles. The third kappa shape index (κ3) is 4.03. The van der Waals surface area contributed by atoms with Gasteiger partial charge < -0.3 is 20.7 Å². The fourth-order valence-corrected chi connectivity index (χ4v) is 4.33. The number of amides is 1. The van der Waals surface area contributed by atoms with E-state index in [1.807, 2.05) is 32.0 Å². The summed E-state index contributed by atoms with van der Waals surface area (Å²) in [7, 11) is 1.67. The lowest BCUT2D eigenvalue weighted by Gasteiger charge is -2.21. The zero-order valence-electron chi connectivity index (χ0n) is 19.1. The van der Waals surface area contributed by atoms with Crippen LogP contribution in [0.1, 0.15) is 44.8 Å². The number of carboxylic acid groups (broad SMARTS) is 1. The number of carbonyl (C=O) groups excluding carboxylic acids is 1. The Morgan fingerprint density at radius 3 is 2.29 bits per heavy atom. The molecule has 34 heavy (non-hydrogen) atoms. The quantitative estimate of drug-likeness (QED) is 0.396. The van der Waals surface area contributed by atoms with E-state index in [2.05, 4.69) is 5.32 Å². The number of hydrogen-bond donors (Lipinski definition) is 3. The highest BCUT2D eigenvalue weighted by Crippen LogP contribution is 2.32. The van der Waals surface area contributed by atoms with Crippen LogP contribution in [0.15, 0.2) is 71.5 Å². The number of anilines is 1. The van der Waals surface area contributed by atoms with Gasteiger partial charge in [-0.05, 0) is 60.7 Å². The van der Waals surface area contributed by atoms with Crippen LogP contribution in [0.4, 0.5) is 5.69 Å². The minimum atomic E-state index is -1.02. The summed E-state index contributed by atoms with van der Waals surface area (Å²) in [5.74, 6) is -1.60. The molecule has 3 aromatic carbocycles. The standard InChI is InChI=1S/C27H25N3O4/c1-15-12-20(16(2)29-23-11-7-6-10-19(23)27(33)34)21-14-24(30(3)26(32)22(21)13-15)17-8-4-5-9-18(17)25(28)31/h4-14,16,29H,1-3H3,(H2,28,31)(H,33,34). The van der Waals surface area contributed by atoms with Crippen molar-refractivity contribution in [1.82, 2.24) is 4.57 Å². The van der Waals surface area contributed by atoms with E-state index < -0.39 is 11.9 Å². The molecule has 1 amide bonds. The van der Waals surface area contributed by atoms with E-state index in [0.717, 1.165) is 16.5 Å². The number of nitrogens with one attached hydrogen (secondary N) is 1. The lowest BCUT2D eigenvalue weighted by molar-refractivity contribution is 0.0697. The van der Waals surface area contributed by atoms with E-state index in [4.69, 9.17) is 5.73 Å². The lowest BCUT2D eigenvalue weighted by atomic mass is 9.94. The van der Waals surface area contributed by atoms with Crippen LogP contribution in [0, 0.1) is 6.92 Å². The molecule has 0 aliphatic heterocycles. The molecule has 0 fully saturated rings. The van der Waals surface area contributed by atoms with Crippen molar-refractivity contribution in [3.8, 4) is 11.3 Å². The molecule has 0 aliphatic rings. The zero-order chi connectivity index (χ0) is 24.6. The highest BCUT2D eigenvalue weighted by atomic mass is 16.4. The van der Waals surface area contributed by atoms with Gasteiger partial charge in [-0.1, -0.05) is 36.4 Å². The number of aromatic carboxylic acids is 1. The van der Waals surface area contributed by atoms with Crippen LogP contribution in [0.5, 0.6) is 0 Å². The number of benzene rings is 3. The Kier molecular flexibility index (Phi) is 5.94. The van der Waals surface area contributed by atoms with Gasteiger partial charge in [0.25, 0.3) is 5.56 Å². The van der Waals surface area contributed by atoms with Gasteiger partial charge in [-0.2, -0.15) is 0 Å². The number of pyridine rings is 1. The summed E-state index contributed by atoms with van der Waals surface area (Å²) in [4.78, 5) is 37.1. The topological polar surface area (TPSA) is 114 Å². The number of aryl methyl sites for hydroxylation is 1. The Hall–Kier alpha value is -4.39. The largest absolute Gasteiger partial charge is 0.478 e. The molecule has 4 rings (SSSR count). The van der Waals surface area contributed by atoms with E-state index in [1.165, 1.54) is 4.57 Å². The molecule has 172 valence electrons. The number of carboxylic acids is 1. The van der Waals surface area contributed by atoms with Crippen molar-refractivity contribution < 1.29 is 14.7 Å². The smallest absolute Gasteiger partial charge is 0.337 e. The van der Waals surface area contributed by atoms with Crippen LogP contribution in [0.3, 0.4) is 0 Å². The molecule has 1 atom stereocenters. The first-order valence-electron chi connectivity index (χ1n) is 10.8. The average molecular weight is 456 g/mol. The number of aromatic nitrogens is 1. The van der Waals surface area contributed by atoms with Crippen molar-refractivity contribution in [2.75, 3.05) is 5.32 Å². The number of rotatable bonds is 6. The van der Waals surface area contributed by atoms with Gasteiger partial charge in [0.15, 0.2) is 0 Å². The third-order valence-corrected chi connectivity index (χ3v) is 6.00. The number of nitrogens with two attached hydrogens (primary N) is 1. The van der Waals surface area contributed by atoms with E-state index in [1.54, 1.807) is 55.6 Å². The van der Waals surface area contributed by atoms with Gasteiger partial charge >= 0.3 is 5.97 Å². The minimum Gasteiger partial charge on any atom is -0.478 e. The SMILES string of the molecule is Cc1cc(C(C)Nc2ccccc2C(=O)O)c2cc(-c3ccccc3C(N)=O)n(C)c(=O)c2c1. The zero-order valence-corrected chi connectivity index (χ0v) is 19.1. The van der Waals surface area contributed by atoms with E-state index in [0.29, 0.717) is 27.9 Å². The molecule has 1 heterocycles. The number of fused-ring (bicyclic) bond motifs is 1. The van der Waals surface area contributed by atoms with Crippen molar-refractivity contribution in [3.63, 3.8) is 0 Å². The summed E-state index contributed by atoms with van der Waals surface area (Å²) in [6, 6.07) is 19.0. The van der Waals surface area contributed by atoms with E-state index >= 15 is 0 Å². The molecule has 1 unspecified atom stereocenters. The van der Waals surface area contributed by atoms with Crippen LogP contribution < -0.4 is 16.6 Å². The second-order valence-electron chi connectivity index (χ2n) is 8.34. The second-order valence-corrected chi connectivity index (χ2v) is 8.34. The second kappa shape index (κ2) is 8.86. The van der Waals surface area contributed by atoms with Crippen LogP contribution >= 0.6 is 0 Å². The molecular formula is C27H25N3O4. The predicted molar refractivity (Wildman–Crippen MR) is 133 cm³/mol. The van der Waals surface area contributed by atoms with Crippen molar-refractivity contribution in [3.05, 3.63) is 99.3 Å². The summed E-state index contributed by atoms with van der Waals surface area (Å²) in [6.07, 6.45) is 0. The first kappa shape index (κ1) is 22.8. The monoisotopic (exact) mass is 455 g/mol. The van der Waals surface area contributed by atoms with Gasteiger partial charge in [-0.15, -0.1) is 0 Å².